The Labute approximate surface area is 178 Å². The van der Waals surface area contributed by atoms with Gasteiger partial charge in [-0.15, -0.1) is 0 Å². The van der Waals surface area contributed by atoms with Crippen LogP contribution in [0.1, 0.15) is 51.2 Å². The van der Waals surface area contributed by atoms with Crippen LogP contribution in [0.4, 0.5) is 0 Å². The monoisotopic (exact) mass is 400 g/mol. The molecule has 1 fully saturated rings. The molecule has 162 valence electrons. The van der Waals surface area contributed by atoms with E-state index >= 15 is 0 Å². The van der Waals surface area contributed by atoms with Crippen molar-refractivity contribution in [2.75, 3.05) is 59.2 Å². The van der Waals surface area contributed by atoms with E-state index in [0.717, 1.165) is 45.9 Å². The number of ether oxygens (including phenoxy) is 2. The summed E-state index contributed by atoms with van der Waals surface area (Å²) in [6, 6.07) is 9.21. The summed E-state index contributed by atoms with van der Waals surface area (Å²) in [5.74, 6) is 7.17. The number of hydrogen-bond acceptors (Lipinski definition) is 4. The molecule has 0 aromatic heterocycles. The average molecular weight is 401 g/mol. The van der Waals surface area contributed by atoms with Crippen LogP contribution < -0.4 is 0 Å². The number of rotatable bonds is 11. The number of hydrogen-bond donors (Lipinski definition) is 0. The van der Waals surface area contributed by atoms with Crippen molar-refractivity contribution in [3.63, 3.8) is 0 Å². The Morgan fingerprint density at radius 3 is 2.21 bits per heavy atom. The van der Waals surface area contributed by atoms with Gasteiger partial charge in [-0.3, -0.25) is 9.80 Å². The molecule has 0 aliphatic carbocycles. The highest BCUT2D eigenvalue weighted by molar-refractivity contribution is 5.25. The van der Waals surface area contributed by atoms with E-state index in [0.29, 0.717) is 31.7 Å². The van der Waals surface area contributed by atoms with Crippen molar-refractivity contribution >= 4 is 0 Å². The van der Waals surface area contributed by atoms with Crippen LogP contribution in [0, 0.1) is 17.8 Å². The summed E-state index contributed by atoms with van der Waals surface area (Å²) in [4.78, 5) is 5.05. The molecular weight excluding hydrogens is 360 g/mol. The van der Waals surface area contributed by atoms with Crippen LogP contribution in [0.15, 0.2) is 24.3 Å². The van der Waals surface area contributed by atoms with Gasteiger partial charge in [0, 0.05) is 45.2 Å². The van der Waals surface area contributed by atoms with E-state index in [1.807, 2.05) is 0 Å². The first kappa shape index (κ1) is 23.9. The fourth-order valence-corrected chi connectivity index (χ4v) is 3.40. The Morgan fingerprint density at radius 1 is 0.897 bits per heavy atom. The van der Waals surface area contributed by atoms with Crippen LogP contribution in [0.5, 0.6) is 0 Å². The van der Waals surface area contributed by atoms with Crippen molar-refractivity contribution in [3.05, 3.63) is 35.4 Å². The maximum Gasteiger partial charge on any atom is 0.107 e. The van der Waals surface area contributed by atoms with Crippen molar-refractivity contribution in [1.82, 2.24) is 9.80 Å². The molecule has 29 heavy (non-hydrogen) atoms. The largest absolute Gasteiger partial charge is 0.378 e. The topological polar surface area (TPSA) is 24.9 Å². The molecule has 0 spiro atoms. The first-order valence-electron chi connectivity index (χ1n) is 11.3. The SMILES string of the molecule is CCC(C)c1ccc(CN2CCN(CCOCCOCC#CC(C)C)CC2)cc1. The van der Waals surface area contributed by atoms with Gasteiger partial charge in [0.05, 0.1) is 19.8 Å². The van der Waals surface area contributed by atoms with Crippen LogP contribution in [0.2, 0.25) is 0 Å². The minimum absolute atomic E-state index is 0.408. The lowest BCUT2D eigenvalue weighted by molar-refractivity contribution is 0.0391. The second-order valence-corrected chi connectivity index (χ2v) is 8.31. The first-order valence-corrected chi connectivity index (χ1v) is 11.3. The van der Waals surface area contributed by atoms with E-state index in [9.17, 15) is 0 Å². The Balaban J connectivity index is 1.52. The zero-order valence-electron chi connectivity index (χ0n) is 19.0. The second-order valence-electron chi connectivity index (χ2n) is 8.31. The summed E-state index contributed by atoms with van der Waals surface area (Å²) in [7, 11) is 0. The van der Waals surface area contributed by atoms with E-state index in [1.54, 1.807) is 0 Å². The predicted molar refractivity (Wildman–Crippen MR) is 121 cm³/mol. The van der Waals surface area contributed by atoms with Crippen molar-refractivity contribution in [1.29, 1.82) is 0 Å². The van der Waals surface area contributed by atoms with Gasteiger partial charge in [0.15, 0.2) is 0 Å². The van der Waals surface area contributed by atoms with Crippen LogP contribution in [-0.4, -0.2) is 69.0 Å². The third kappa shape index (κ3) is 9.78. The van der Waals surface area contributed by atoms with Crippen molar-refractivity contribution < 1.29 is 9.47 Å². The van der Waals surface area contributed by atoms with E-state index in [1.165, 1.54) is 17.5 Å². The van der Waals surface area contributed by atoms with Crippen LogP contribution in [0.25, 0.3) is 0 Å². The molecule has 4 heteroatoms. The molecule has 1 aliphatic rings. The molecule has 0 N–H and O–H groups in total. The van der Waals surface area contributed by atoms with Gasteiger partial charge in [0.25, 0.3) is 0 Å². The van der Waals surface area contributed by atoms with Gasteiger partial charge in [0.2, 0.25) is 0 Å². The summed E-state index contributed by atoms with van der Waals surface area (Å²) in [5, 5.41) is 0. The Kier molecular flexibility index (Phi) is 11.3. The average Bonchev–Trinajstić information content (AvgIpc) is 2.73. The lowest BCUT2D eigenvalue weighted by Gasteiger charge is -2.34. The zero-order chi connectivity index (χ0) is 20.9. The van der Waals surface area contributed by atoms with Crippen LogP contribution >= 0.6 is 0 Å². The molecule has 1 heterocycles. The molecule has 0 radical (unpaired) electrons. The van der Waals surface area contributed by atoms with Gasteiger partial charge in [-0.05, 0) is 23.5 Å². The molecule has 1 aliphatic heterocycles. The molecule has 1 aromatic carbocycles. The summed E-state index contributed by atoms with van der Waals surface area (Å²) in [5.41, 5.74) is 2.88. The minimum atomic E-state index is 0.408. The third-order valence-electron chi connectivity index (χ3n) is 5.52. The molecule has 2 rings (SSSR count). The quantitative estimate of drug-likeness (QED) is 0.414. The lowest BCUT2D eigenvalue weighted by atomic mass is 9.97. The Hall–Kier alpha value is -1.38. The van der Waals surface area contributed by atoms with E-state index in [4.69, 9.17) is 9.47 Å². The highest BCUT2D eigenvalue weighted by Crippen LogP contribution is 2.19. The molecule has 1 unspecified atom stereocenters. The van der Waals surface area contributed by atoms with Crippen molar-refractivity contribution in [2.45, 2.75) is 46.6 Å². The highest BCUT2D eigenvalue weighted by Gasteiger charge is 2.16. The first-order chi connectivity index (χ1) is 14.1. The molecule has 1 atom stereocenters. The summed E-state index contributed by atoms with van der Waals surface area (Å²) >= 11 is 0. The molecule has 1 saturated heterocycles. The third-order valence-corrected chi connectivity index (χ3v) is 5.52. The Bertz CT molecular complexity index is 610. The maximum atomic E-state index is 5.70. The highest BCUT2D eigenvalue weighted by atomic mass is 16.5. The number of piperazine rings is 1. The molecule has 0 amide bonds. The fourth-order valence-electron chi connectivity index (χ4n) is 3.40. The smallest absolute Gasteiger partial charge is 0.107 e. The number of nitrogens with zero attached hydrogens (tertiary/aromatic N) is 2. The van der Waals surface area contributed by atoms with Crippen LogP contribution in [0.3, 0.4) is 0 Å². The van der Waals surface area contributed by atoms with E-state index < -0.39 is 0 Å². The number of benzene rings is 1. The Morgan fingerprint density at radius 2 is 1.55 bits per heavy atom. The van der Waals surface area contributed by atoms with Gasteiger partial charge in [-0.2, -0.15) is 0 Å². The second kappa shape index (κ2) is 13.8. The minimum Gasteiger partial charge on any atom is -0.378 e. The molecular formula is C25H40N2O2. The van der Waals surface area contributed by atoms with Gasteiger partial charge >= 0.3 is 0 Å². The fraction of sp³-hybridized carbons (Fsp3) is 0.680. The molecule has 0 saturated carbocycles. The van der Waals surface area contributed by atoms with E-state index in [-0.39, 0.29) is 0 Å². The summed E-state index contributed by atoms with van der Waals surface area (Å²) < 4.78 is 11.2. The molecule has 1 aromatic rings. The standard InChI is InChI=1S/C25H40N2O2/c1-5-23(4)25-10-8-24(9-11-25)21-27-14-12-26(13-15-27)16-18-29-20-19-28-17-6-7-22(2)3/h8-11,22-23H,5,12-21H2,1-4H3. The van der Waals surface area contributed by atoms with Gasteiger partial charge in [-0.1, -0.05) is 63.8 Å². The van der Waals surface area contributed by atoms with E-state index in [2.05, 4.69) is 73.6 Å². The lowest BCUT2D eigenvalue weighted by Crippen LogP contribution is -2.46. The summed E-state index contributed by atoms with van der Waals surface area (Å²) in [6.45, 7) is 17.8. The molecule has 0 bridgehead atoms. The van der Waals surface area contributed by atoms with Crippen molar-refractivity contribution in [2.24, 2.45) is 5.92 Å². The maximum absolute atomic E-state index is 5.70. The van der Waals surface area contributed by atoms with Crippen molar-refractivity contribution in [3.8, 4) is 11.8 Å². The van der Waals surface area contributed by atoms with Crippen LogP contribution in [-0.2, 0) is 16.0 Å². The van der Waals surface area contributed by atoms with Gasteiger partial charge in [-0.25, -0.2) is 0 Å². The van der Waals surface area contributed by atoms with Gasteiger partial charge in [0.1, 0.15) is 6.61 Å². The normalized spacial score (nSPS) is 16.6. The zero-order valence-corrected chi connectivity index (χ0v) is 19.0. The summed E-state index contributed by atoms with van der Waals surface area (Å²) in [6.07, 6.45) is 1.20. The predicted octanol–water partition coefficient (Wildman–Crippen LogP) is 4.01. The van der Waals surface area contributed by atoms with Gasteiger partial charge < -0.3 is 9.47 Å². The molecule has 4 nitrogen and oxygen atoms in total.